The molecule has 1 fully saturated rings. The van der Waals surface area contributed by atoms with E-state index in [1.54, 1.807) is 12.1 Å². The van der Waals surface area contributed by atoms with E-state index in [1.807, 2.05) is 43.3 Å². The number of carbonyl (C=O) groups excluding carboxylic acids is 3. The van der Waals surface area contributed by atoms with Crippen LogP contribution in [0.4, 0.5) is 5.69 Å². The van der Waals surface area contributed by atoms with Crippen LogP contribution in [-0.4, -0.2) is 24.3 Å². The summed E-state index contributed by atoms with van der Waals surface area (Å²) < 4.78 is 0. The summed E-state index contributed by atoms with van der Waals surface area (Å²) in [6.07, 6.45) is 5.60. The molecule has 0 aliphatic heterocycles. The molecule has 0 saturated heterocycles. The van der Waals surface area contributed by atoms with Gasteiger partial charge >= 0.3 is 0 Å². The summed E-state index contributed by atoms with van der Waals surface area (Å²) >= 11 is 0. The van der Waals surface area contributed by atoms with E-state index >= 15 is 0 Å². The highest BCUT2D eigenvalue weighted by atomic mass is 16.2. The van der Waals surface area contributed by atoms with Crippen molar-refractivity contribution in [2.45, 2.75) is 52.0 Å². The van der Waals surface area contributed by atoms with E-state index in [0.717, 1.165) is 36.8 Å². The fourth-order valence-corrected chi connectivity index (χ4v) is 3.76. The van der Waals surface area contributed by atoms with Crippen LogP contribution in [0.1, 0.15) is 60.0 Å². The van der Waals surface area contributed by atoms with Gasteiger partial charge in [-0.25, -0.2) is 0 Å². The molecule has 1 aliphatic carbocycles. The molecule has 0 unspecified atom stereocenters. The van der Waals surface area contributed by atoms with E-state index in [0.29, 0.717) is 24.3 Å². The van der Waals surface area contributed by atoms with Crippen LogP contribution in [0, 0.1) is 12.8 Å². The van der Waals surface area contributed by atoms with Crippen LogP contribution in [0.15, 0.2) is 48.5 Å². The third-order valence-electron chi connectivity index (χ3n) is 5.62. The van der Waals surface area contributed by atoms with Crippen LogP contribution >= 0.6 is 0 Å². The predicted molar refractivity (Wildman–Crippen MR) is 122 cm³/mol. The normalized spacial score (nSPS) is 14.0. The number of nitrogens with one attached hydrogen (secondary N) is 3. The van der Waals surface area contributed by atoms with Gasteiger partial charge in [0.15, 0.2) is 0 Å². The molecule has 0 atom stereocenters. The highest BCUT2D eigenvalue weighted by Gasteiger charge is 2.20. The monoisotopic (exact) mass is 421 g/mol. The smallest absolute Gasteiger partial charge is 0.255 e. The number of hydrogen-bond donors (Lipinski definition) is 3. The minimum absolute atomic E-state index is 0.0736. The molecular formula is C25H31N3O3. The van der Waals surface area contributed by atoms with Crippen LogP contribution in [0.3, 0.4) is 0 Å². The number of aryl methyl sites for hydroxylation is 1. The van der Waals surface area contributed by atoms with Gasteiger partial charge in [0, 0.05) is 36.7 Å². The van der Waals surface area contributed by atoms with Crippen molar-refractivity contribution in [3.05, 3.63) is 65.2 Å². The van der Waals surface area contributed by atoms with Crippen LogP contribution < -0.4 is 16.0 Å². The van der Waals surface area contributed by atoms with Gasteiger partial charge in [-0.1, -0.05) is 49.1 Å². The molecule has 0 radical (unpaired) electrons. The first-order valence-corrected chi connectivity index (χ1v) is 11.0. The molecule has 0 heterocycles. The maximum atomic E-state index is 12.4. The van der Waals surface area contributed by atoms with Gasteiger partial charge in [0.05, 0.1) is 0 Å². The maximum absolute atomic E-state index is 12.4. The lowest BCUT2D eigenvalue weighted by Crippen LogP contribution is -2.35. The van der Waals surface area contributed by atoms with Crippen molar-refractivity contribution in [2.24, 2.45) is 5.92 Å². The second-order valence-electron chi connectivity index (χ2n) is 8.17. The Morgan fingerprint density at radius 2 is 1.68 bits per heavy atom. The summed E-state index contributed by atoms with van der Waals surface area (Å²) in [6.45, 7) is 2.70. The molecule has 3 amide bonds. The zero-order valence-corrected chi connectivity index (χ0v) is 18.1. The molecule has 1 aliphatic rings. The molecule has 0 bridgehead atoms. The number of benzene rings is 2. The molecule has 164 valence electrons. The van der Waals surface area contributed by atoms with E-state index < -0.39 is 0 Å². The zero-order chi connectivity index (χ0) is 22.1. The number of amides is 3. The van der Waals surface area contributed by atoms with Crippen molar-refractivity contribution in [1.29, 1.82) is 0 Å². The van der Waals surface area contributed by atoms with Crippen molar-refractivity contribution in [3.63, 3.8) is 0 Å². The van der Waals surface area contributed by atoms with Gasteiger partial charge in [-0.15, -0.1) is 0 Å². The van der Waals surface area contributed by atoms with Crippen molar-refractivity contribution >= 4 is 23.4 Å². The second kappa shape index (κ2) is 11.3. The summed E-state index contributed by atoms with van der Waals surface area (Å²) in [5.74, 6) is -0.105. The minimum atomic E-state index is -0.171. The second-order valence-corrected chi connectivity index (χ2v) is 8.17. The Hall–Kier alpha value is -3.15. The quantitative estimate of drug-likeness (QED) is 0.603. The summed E-state index contributed by atoms with van der Waals surface area (Å²) in [4.78, 5) is 36.6. The van der Waals surface area contributed by atoms with Gasteiger partial charge in [0.25, 0.3) is 5.91 Å². The Morgan fingerprint density at radius 3 is 2.42 bits per heavy atom. The van der Waals surface area contributed by atoms with Crippen LogP contribution in [0.2, 0.25) is 0 Å². The molecule has 3 N–H and O–H groups in total. The van der Waals surface area contributed by atoms with E-state index in [2.05, 4.69) is 16.0 Å². The summed E-state index contributed by atoms with van der Waals surface area (Å²) in [6, 6.07) is 14.8. The lowest BCUT2D eigenvalue weighted by atomic mass is 9.89. The number of carbonyl (C=O) groups is 3. The summed E-state index contributed by atoms with van der Waals surface area (Å²) in [7, 11) is 0. The fourth-order valence-electron chi connectivity index (χ4n) is 3.76. The minimum Gasteiger partial charge on any atom is -0.355 e. The predicted octanol–water partition coefficient (Wildman–Crippen LogP) is 3.95. The molecule has 0 spiro atoms. The number of anilines is 1. The third kappa shape index (κ3) is 7.24. The maximum Gasteiger partial charge on any atom is 0.255 e. The first-order valence-electron chi connectivity index (χ1n) is 11.0. The van der Waals surface area contributed by atoms with Gasteiger partial charge in [-0.05, 0) is 49.6 Å². The Bertz CT molecular complexity index is 902. The van der Waals surface area contributed by atoms with Crippen molar-refractivity contribution < 1.29 is 14.4 Å². The number of rotatable bonds is 8. The highest BCUT2D eigenvalue weighted by molar-refractivity contribution is 6.04. The summed E-state index contributed by atoms with van der Waals surface area (Å²) in [5.41, 5.74) is 3.26. The van der Waals surface area contributed by atoms with Gasteiger partial charge in [0.2, 0.25) is 11.8 Å². The van der Waals surface area contributed by atoms with Crippen molar-refractivity contribution in [1.82, 2.24) is 10.6 Å². The molecule has 2 aromatic rings. The average molecular weight is 422 g/mol. The molecular weight excluding hydrogens is 390 g/mol. The highest BCUT2D eigenvalue weighted by Crippen LogP contribution is 2.23. The fraction of sp³-hybridized carbons (Fsp3) is 0.400. The summed E-state index contributed by atoms with van der Waals surface area (Å²) in [5, 5.41) is 8.64. The van der Waals surface area contributed by atoms with Gasteiger partial charge in [0.1, 0.15) is 0 Å². The van der Waals surface area contributed by atoms with Gasteiger partial charge in [-0.2, -0.15) is 0 Å². The zero-order valence-electron chi connectivity index (χ0n) is 18.1. The molecule has 1 saturated carbocycles. The largest absolute Gasteiger partial charge is 0.355 e. The molecule has 0 aromatic heterocycles. The Morgan fingerprint density at radius 1 is 0.935 bits per heavy atom. The van der Waals surface area contributed by atoms with Gasteiger partial charge in [-0.3, -0.25) is 14.4 Å². The molecule has 3 rings (SSSR count). The molecule has 31 heavy (non-hydrogen) atoms. The van der Waals surface area contributed by atoms with Crippen LogP contribution in [-0.2, 0) is 16.1 Å². The lowest BCUT2D eigenvalue weighted by Gasteiger charge is -2.20. The topological polar surface area (TPSA) is 87.3 Å². The number of hydrogen-bond acceptors (Lipinski definition) is 3. The van der Waals surface area contributed by atoms with E-state index in [1.165, 1.54) is 6.42 Å². The SMILES string of the molecule is Cc1ccc(C(=O)Nc2cccc(CNC(=O)CCNC(=O)C3CCCCC3)c2)cc1. The Balaban J connectivity index is 1.40. The average Bonchev–Trinajstić information content (AvgIpc) is 2.79. The lowest BCUT2D eigenvalue weighted by molar-refractivity contribution is -0.126. The van der Waals surface area contributed by atoms with Crippen LogP contribution in [0.5, 0.6) is 0 Å². The van der Waals surface area contributed by atoms with Crippen molar-refractivity contribution in [2.75, 3.05) is 11.9 Å². The van der Waals surface area contributed by atoms with E-state index in [9.17, 15) is 14.4 Å². The molecule has 2 aromatic carbocycles. The first-order chi connectivity index (χ1) is 15.0. The Kier molecular flexibility index (Phi) is 8.21. The van der Waals surface area contributed by atoms with E-state index in [4.69, 9.17) is 0 Å². The van der Waals surface area contributed by atoms with E-state index in [-0.39, 0.29) is 30.1 Å². The standard InChI is InChI=1S/C25H31N3O3/c1-18-10-12-21(13-11-18)25(31)28-22-9-5-6-19(16-22)17-27-23(29)14-15-26-24(30)20-7-3-2-4-8-20/h5-6,9-13,16,20H,2-4,7-8,14-15,17H2,1H3,(H,26,30)(H,27,29)(H,28,31). The third-order valence-corrected chi connectivity index (χ3v) is 5.62. The van der Waals surface area contributed by atoms with Crippen molar-refractivity contribution in [3.8, 4) is 0 Å². The molecule has 6 heteroatoms. The van der Waals surface area contributed by atoms with Gasteiger partial charge < -0.3 is 16.0 Å². The van der Waals surface area contributed by atoms with Crippen LogP contribution in [0.25, 0.3) is 0 Å². The Labute approximate surface area is 183 Å². The first kappa shape index (κ1) is 22.5. The molecule has 6 nitrogen and oxygen atoms in total.